The second-order valence-corrected chi connectivity index (χ2v) is 5.59. The van der Waals surface area contributed by atoms with Gasteiger partial charge >= 0.3 is 6.09 Å². The number of carbonyl (C=O) groups is 2. The summed E-state index contributed by atoms with van der Waals surface area (Å²) in [7, 11) is 0. The highest BCUT2D eigenvalue weighted by atomic mass is 19.1. The molecule has 1 rings (SSSR count). The fourth-order valence-corrected chi connectivity index (χ4v) is 1.54. The van der Waals surface area contributed by atoms with Crippen LogP contribution < -0.4 is 10.6 Å². The van der Waals surface area contributed by atoms with Gasteiger partial charge in [-0.15, -0.1) is 0 Å². The van der Waals surface area contributed by atoms with Crippen molar-refractivity contribution >= 4 is 17.7 Å². The van der Waals surface area contributed by atoms with E-state index in [9.17, 15) is 14.0 Å². The Morgan fingerprint density at radius 2 is 2.00 bits per heavy atom. The fourth-order valence-electron chi connectivity index (χ4n) is 1.54. The van der Waals surface area contributed by atoms with E-state index in [-0.39, 0.29) is 12.3 Å². The Bertz CT molecular complexity index is 498. The predicted molar refractivity (Wildman–Crippen MR) is 78.5 cm³/mol. The molecule has 0 bridgehead atoms. The first-order valence-electron chi connectivity index (χ1n) is 6.78. The molecular weight excluding hydrogens is 275 g/mol. The summed E-state index contributed by atoms with van der Waals surface area (Å²) in [5.41, 5.74) is -0.126. The van der Waals surface area contributed by atoms with Crippen molar-refractivity contribution in [1.29, 1.82) is 0 Å². The van der Waals surface area contributed by atoms with Crippen LogP contribution in [0.4, 0.5) is 14.9 Å². The van der Waals surface area contributed by atoms with Crippen LogP contribution in [0.25, 0.3) is 0 Å². The smallest absolute Gasteiger partial charge is 0.407 e. The van der Waals surface area contributed by atoms with E-state index in [1.807, 2.05) is 0 Å². The van der Waals surface area contributed by atoms with Crippen LogP contribution in [-0.2, 0) is 9.53 Å². The fraction of sp³-hybridized carbons (Fsp3) is 0.467. The Labute approximate surface area is 123 Å². The highest BCUT2D eigenvalue weighted by Gasteiger charge is 2.15. The predicted octanol–water partition coefficient (Wildman–Crippen LogP) is 3.07. The van der Waals surface area contributed by atoms with Crippen molar-refractivity contribution in [3.63, 3.8) is 0 Å². The Balaban J connectivity index is 2.21. The lowest BCUT2D eigenvalue weighted by Gasteiger charge is -2.19. The topological polar surface area (TPSA) is 67.4 Å². The van der Waals surface area contributed by atoms with Crippen LogP contribution in [-0.4, -0.2) is 24.1 Å². The highest BCUT2D eigenvalue weighted by molar-refractivity contribution is 5.90. The molecule has 0 atom stereocenters. The van der Waals surface area contributed by atoms with Crippen LogP contribution in [0.2, 0.25) is 0 Å². The van der Waals surface area contributed by atoms with Crippen LogP contribution in [0.5, 0.6) is 0 Å². The summed E-state index contributed by atoms with van der Waals surface area (Å²) in [4.78, 5) is 23.0. The van der Waals surface area contributed by atoms with Crippen LogP contribution in [0.3, 0.4) is 0 Å². The molecule has 0 aliphatic rings. The van der Waals surface area contributed by atoms with Gasteiger partial charge in [-0.2, -0.15) is 0 Å². The van der Waals surface area contributed by atoms with E-state index in [1.165, 1.54) is 18.2 Å². The third-order valence-corrected chi connectivity index (χ3v) is 2.36. The SMILES string of the molecule is CC(C)(C)OC(=O)NCCCC(=O)Nc1cccc(F)c1. The number of hydrogen-bond acceptors (Lipinski definition) is 3. The average Bonchev–Trinajstić information content (AvgIpc) is 2.32. The summed E-state index contributed by atoms with van der Waals surface area (Å²) < 4.78 is 18.0. The van der Waals surface area contributed by atoms with Gasteiger partial charge in [0.15, 0.2) is 0 Å². The molecule has 1 aromatic carbocycles. The van der Waals surface area contributed by atoms with Gasteiger partial charge in [0.2, 0.25) is 5.91 Å². The zero-order valence-electron chi connectivity index (χ0n) is 12.5. The van der Waals surface area contributed by atoms with Crippen LogP contribution in [0.15, 0.2) is 24.3 Å². The minimum atomic E-state index is -0.543. The number of anilines is 1. The van der Waals surface area contributed by atoms with E-state index < -0.39 is 17.5 Å². The highest BCUT2D eigenvalue weighted by Crippen LogP contribution is 2.10. The number of carbonyl (C=O) groups excluding carboxylic acids is 2. The first-order valence-corrected chi connectivity index (χ1v) is 6.78. The second-order valence-electron chi connectivity index (χ2n) is 5.59. The van der Waals surface area contributed by atoms with Gasteiger partial charge in [0.05, 0.1) is 0 Å². The Morgan fingerprint density at radius 1 is 1.29 bits per heavy atom. The third kappa shape index (κ3) is 7.91. The van der Waals surface area contributed by atoms with Crippen molar-refractivity contribution in [3.8, 4) is 0 Å². The van der Waals surface area contributed by atoms with E-state index in [4.69, 9.17) is 4.74 Å². The molecule has 0 spiro atoms. The Morgan fingerprint density at radius 3 is 2.62 bits per heavy atom. The molecule has 0 saturated heterocycles. The monoisotopic (exact) mass is 296 g/mol. The molecule has 2 amide bonds. The number of ether oxygens (including phenoxy) is 1. The lowest BCUT2D eigenvalue weighted by atomic mass is 10.2. The molecule has 0 radical (unpaired) electrons. The lowest BCUT2D eigenvalue weighted by molar-refractivity contribution is -0.116. The summed E-state index contributed by atoms with van der Waals surface area (Å²) >= 11 is 0. The number of hydrogen-bond donors (Lipinski definition) is 2. The normalized spacial score (nSPS) is 10.9. The van der Waals surface area contributed by atoms with Crippen molar-refractivity contribution in [2.45, 2.75) is 39.2 Å². The van der Waals surface area contributed by atoms with Crippen molar-refractivity contribution in [2.24, 2.45) is 0 Å². The molecule has 5 nitrogen and oxygen atoms in total. The molecule has 116 valence electrons. The lowest BCUT2D eigenvalue weighted by Crippen LogP contribution is -2.33. The zero-order valence-corrected chi connectivity index (χ0v) is 12.5. The zero-order chi connectivity index (χ0) is 15.9. The van der Waals surface area contributed by atoms with E-state index in [2.05, 4.69) is 10.6 Å². The van der Waals surface area contributed by atoms with Gasteiger partial charge in [0, 0.05) is 18.7 Å². The molecule has 0 aliphatic heterocycles. The summed E-state index contributed by atoms with van der Waals surface area (Å²) in [6, 6.07) is 5.69. The molecule has 0 aromatic heterocycles. The molecule has 0 fully saturated rings. The summed E-state index contributed by atoms with van der Waals surface area (Å²) in [6.45, 7) is 5.67. The van der Waals surface area contributed by atoms with E-state index in [0.29, 0.717) is 18.7 Å². The van der Waals surface area contributed by atoms with Crippen LogP contribution in [0, 0.1) is 5.82 Å². The number of rotatable bonds is 5. The van der Waals surface area contributed by atoms with Gasteiger partial charge < -0.3 is 15.4 Å². The van der Waals surface area contributed by atoms with Gasteiger partial charge in [-0.1, -0.05) is 6.07 Å². The summed E-state index contributed by atoms with van der Waals surface area (Å²) in [6.07, 6.45) is 0.195. The maximum absolute atomic E-state index is 12.9. The molecule has 0 saturated carbocycles. The van der Waals surface area contributed by atoms with E-state index >= 15 is 0 Å². The van der Waals surface area contributed by atoms with Crippen molar-refractivity contribution in [2.75, 3.05) is 11.9 Å². The molecule has 2 N–H and O–H groups in total. The van der Waals surface area contributed by atoms with Crippen LogP contribution >= 0.6 is 0 Å². The maximum Gasteiger partial charge on any atom is 0.407 e. The largest absolute Gasteiger partial charge is 0.444 e. The molecule has 0 aliphatic carbocycles. The Hall–Kier alpha value is -2.11. The quantitative estimate of drug-likeness (QED) is 0.821. The van der Waals surface area contributed by atoms with Crippen molar-refractivity contribution in [3.05, 3.63) is 30.1 Å². The minimum Gasteiger partial charge on any atom is -0.444 e. The standard InChI is InChI=1S/C15H21FN2O3/c1-15(2,3)21-14(20)17-9-5-8-13(19)18-12-7-4-6-11(16)10-12/h4,6-7,10H,5,8-9H2,1-3H3,(H,17,20)(H,18,19). The number of benzene rings is 1. The van der Waals surface area contributed by atoms with Crippen molar-refractivity contribution < 1.29 is 18.7 Å². The summed E-state index contributed by atoms with van der Waals surface area (Å²) in [5.74, 6) is -0.633. The first kappa shape index (κ1) is 16.9. The van der Waals surface area contributed by atoms with Gasteiger partial charge in [0.1, 0.15) is 11.4 Å². The van der Waals surface area contributed by atoms with Crippen LogP contribution in [0.1, 0.15) is 33.6 Å². The molecule has 21 heavy (non-hydrogen) atoms. The average molecular weight is 296 g/mol. The number of amides is 2. The first-order chi connectivity index (χ1) is 9.76. The van der Waals surface area contributed by atoms with E-state index in [0.717, 1.165) is 0 Å². The van der Waals surface area contributed by atoms with Gasteiger partial charge in [-0.05, 0) is 45.4 Å². The number of alkyl carbamates (subject to hydrolysis) is 1. The molecule has 6 heteroatoms. The summed E-state index contributed by atoms with van der Waals surface area (Å²) in [5, 5.41) is 5.15. The van der Waals surface area contributed by atoms with Gasteiger partial charge in [0.25, 0.3) is 0 Å². The van der Waals surface area contributed by atoms with Gasteiger partial charge in [-0.25, -0.2) is 9.18 Å². The number of nitrogens with one attached hydrogen (secondary N) is 2. The van der Waals surface area contributed by atoms with Crippen molar-refractivity contribution in [1.82, 2.24) is 5.32 Å². The van der Waals surface area contributed by atoms with Gasteiger partial charge in [-0.3, -0.25) is 4.79 Å². The Kier molecular flexibility index (Phi) is 6.14. The minimum absolute atomic E-state index is 0.228. The maximum atomic E-state index is 12.9. The molecule has 0 heterocycles. The molecule has 0 unspecified atom stereocenters. The van der Waals surface area contributed by atoms with E-state index in [1.54, 1.807) is 26.8 Å². The number of halogens is 1. The second kappa shape index (κ2) is 7.61. The molecular formula is C15H21FN2O3. The molecule has 1 aromatic rings. The third-order valence-electron chi connectivity index (χ3n) is 2.36.